The molecule has 0 atom stereocenters. The van der Waals surface area contributed by atoms with Gasteiger partial charge in [0.05, 0.1) is 5.69 Å². The van der Waals surface area contributed by atoms with Crippen LogP contribution in [0.5, 0.6) is 0 Å². The van der Waals surface area contributed by atoms with Crippen LogP contribution in [-0.2, 0) is 12.8 Å². The first-order valence-corrected chi connectivity index (χ1v) is 5.81. The molecule has 0 radical (unpaired) electrons. The Bertz CT molecular complexity index is 638. The molecule has 0 amide bonds. The number of nitrogens with zero attached hydrogens (tertiary/aromatic N) is 3. The molecule has 1 N–H and O–H groups in total. The molecule has 2 aromatic rings. The number of H-pyrrole nitrogens is 1. The van der Waals surface area contributed by atoms with E-state index in [0.29, 0.717) is 11.6 Å². The van der Waals surface area contributed by atoms with Crippen molar-refractivity contribution in [2.45, 2.75) is 33.1 Å². The zero-order chi connectivity index (χ0) is 12.0. The molecule has 2 aromatic heterocycles. The highest BCUT2D eigenvalue weighted by Crippen LogP contribution is 2.25. The summed E-state index contributed by atoms with van der Waals surface area (Å²) in [5.41, 5.74) is 4.12. The quantitative estimate of drug-likeness (QED) is 0.796. The molecule has 5 heteroatoms. The van der Waals surface area contributed by atoms with Crippen molar-refractivity contribution < 1.29 is 0 Å². The van der Waals surface area contributed by atoms with E-state index < -0.39 is 0 Å². The van der Waals surface area contributed by atoms with Crippen molar-refractivity contribution in [3.63, 3.8) is 0 Å². The highest BCUT2D eigenvalue weighted by atomic mass is 16.1. The summed E-state index contributed by atoms with van der Waals surface area (Å²) in [6.45, 7) is 3.84. The Hall–Kier alpha value is -1.91. The first-order valence-electron chi connectivity index (χ1n) is 5.81. The van der Waals surface area contributed by atoms with E-state index in [9.17, 15) is 4.79 Å². The molecule has 3 rings (SSSR count). The molecule has 0 saturated carbocycles. The third-order valence-electron chi connectivity index (χ3n) is 3.22. The van der Waals surface area contributed by atoms with Gasteiger partial charge in [0.2, 0.25) is 5.95 Å². The van der Waals surface area contributed by atoms with Crippen LogP contribution in [0.15, 0.2) is 10.9 Å². The van der Waals surface area contributed by atoms with E-state index in [1.54, 1.807) is 4.68 Å². The molecule has 0 saturated heterocycles. The Morgan fingerprint density at radius 1 is 1.35 bits per heavy atom. The second-order valence-electron chi connectivity index (χ2n) is 4.49. The van der Waals surface area contributed by atoms with Gasteiger partial charge in [-0.15, -0.1) is 0 Å². The number of fused-ring (bicyclic) bond motifs is 1. The van der Waals surface area contributed by atoms with Crippen LogP contribution in [0.3, 0.4) is 0 Å². The van der Waals surface area contributed by atoms with Gasteiger partial charge in [0.15, 0.2) is 0 Å². The maximum absolute atomic E-state index is 11.4. The average molecular weight is 230 g/mol. The van der Waals surface area contributed by atoms with Crippen molar-refractivity contribution in [3.05, 3.63) is 39.1 Å². The van der Waals surface area contributed by atoms with Crippen LogP contribution in [0, 0.1) is 13.8 Å². The van der Waals surface area contributed by atoms with Crippen LogP contribution in [0.1, 0.15) is 29.1 Å². The van der Waals surface area contributed by atoms with Gasteiger partial charge in [0, 0.05) is 17.5 Å². The van der Waals surface area contributed by atoms with Gasteiger partial charge in [-0.2, -0.15) is 5.10 Å². The SMILES string of the molecule is Cc1cc(=O)[nH]c(-n2nc3c(c2C)CCC3)n1. The van der Waals surface area contributed by atoms with E-state index in [1.807, 2.05) is 13.8 Å². The number of rotatable bonds is 1. The van der Waals surface area contributed by atoms with E-state index >= 15 is 0 Å². The molecule has 0 spiro atoms. The third-order valence-corrected chi connectivity index (χ3v) is 3.22. The summed E-state index contributed by atoms with van der Waals surface area (Å²) in [7, 11) is 0. The molecule has 1 aliphatic carbocycles. The second kappa shape index (κ2) is 3.55. The number of hydrogen-bond acceptors (Lipinski definition) is 3. The van der Waals surface area contributed by atoms with Crippen LogP contribution in [-0.4, -0.2) is 19.7 Å². The Morgan fingerprint density at radius 2 is 2.18 bits per heavy atom. The first kappa shape index (κ1) is 10.3. The monoisotopic (exact) mass is 230 g/mol. The highest BCUT2D eigenvalue weighted by molar-refractivity contribution is 5.33. The van der Waals surface area contributed by atoms with Crippen molar-refractivity contribution in [1.29, 1.82) is 0 Å². The molecule has 1 aliphatic rings. The van der Waals surface area contributed by atoms with Gasteiger partial charge in [-0.3, -0.25) is 9.78 Å². The number of aromatic amines is 1. The van der Waals surface area contributed by atoms with Crippen LogP contribution >= 0.6 is 0 Å². The lowest BCUT2D eigenvalue weighted by atomic mass is 10.2. The Labute approximate surface area is 98.5 Å². The fraction of sp³-hybridized carbons (Fsp3) is 0.417. The van der Waals surface area contributed by atoms with E-state index in [0.717, 1.165) is 24.2 Å². The largest absolute Gasteiger partial charge is 0.291 e. The molecular weight excluding hydrogens is 216 g/mol. The van der Waals surface area contributed by atoms with E-state index in [4.69, 9.17) is 0 Å². The van der Waals surface area contributed by atoms with E-state index in [-0.39, 0.29) is 5.56 Å². The van der Waals surface area contributed by atoms with Crippen LogP contribution in [0.2, 0.25) is 0 Å². The van der Waals surface area contributed by atoms with Crippen LogP contribution in [0.25, 0.3) is 5.95 Å². The average Bonchev–Trinajstić information content (AvgIpc) is 2.80. The Kier molecular flexibility index (Phi) is 2.14. The molecule has 2 heterocycles. The van der Waals surface area contributed by atoms with Crippen molar-refractivity contribution in [3.8, 4) is 5.95 Å². The maximum Gasteiger partial charge on any atom is 0.252 e. The summed E-state index contributed by atoms with van der Waals surface area (Å²) >= 11 is 0. The lowest BCUT2D eigenvalue weighted by molar-refractivity contribution is 0.734. The molecular formula is C12H14N4O. The minimum absolute atomic E-state index is 0.137. The van der Waals surface area contributed by atoms with E-state index in [2.05, 4.69) is 15.1 Å². The number of aromatic nitrogens is 4. The van der Waals surface area contributed by atoms with Crippen molar-refractivity contribution in [1.82, 2.24) is 19.7 Å². The summed E-state index contributed by atoms with van der Waals surface area (Å²) in [5, 5.41) is 4.53. The minimum Gasteiger partial charge on any atom is -0.291 e. The Morgan fingerprint density at radius 3 is 2.88 bits per heavy atom. The summed E-state index contributed by atoms with van der Waals surface area (Å²) < 4.78 is 1.75. The topological polar surface area (TPSA) is 63.6 Å². The summed E-state index contributed by atoms with van der Waals surface area (Å²) in [6, 6.07) is 1.48. The van der Waals surface area contributed by atoms with Gasteiger partial charge in [0.1, 0.15) is 0 Å². The lowest BCUT2D eigenvalue weighted by Crippen LogP contribution is -2.15. The fourth-order valence-electron chi connectivity index (χ4n) is 2.42. The normalized spacial score (nSPS) is 14.0. The second-order valence-corrected chi connectivity index (χ2v) is 4.49. The number of aryl methyl sites for hydroxylation is 2. The molecule has 0 unspecified atom stereocenters. The minimum atomic E-state index is -0.137. The van der Waals surface area contributed by atoms with Crippen molar-refractivity contribution >= 4 is 0 Å². The lowest BCUT2D eigenvalue weighted by Gasteiger charge is -2.04. The smallest absolute Gasteiger partial charge is 0.252 e. The zero-order valence-corrected chi connectivity index (χ0v) is 9.95. The van der Waals surface area contributed by atoms with Gasteiger partial charge in [-0.1, -0.05) is 0 Å². The van der Waals surface area contributed by atoms with Gasteiger partial charge < -0.3 is 0 Å². The molecule has 88 valence electrons. The van der Waals surface area contributed by atoms with Crippen molar-refractivity contribution in [2.24, 2.45) is 0 Å². The third kappa shape index (κ3) is 1.58. The number of nitrogens with one attached hydrogen (secondary N) is 1. The molecule has 0 fully saturated rings. The molecule has 0 aliphatic heterocycles. The molecule has 0 bridgehead atoms. The summed E-state index contributed by atoms with van der Waals surface area (Å²) in [4.78, 5) is 18.5. The maximum atomic E-state index is 11.4. The Balaban J connectivity index is 2.19. The number of hydrogen-bond donors (Lipinski definition) is 1. The molecule has 17 heavy (non-hydrogen) atoms. The van der Waals surface area contributed by atoms with Gasteiger partial charge >= 0.3 is 0 Å². The van der Waals surface area contributed by atoms with Gasteiger partial charge in [-0.05, 0) is 38.7 Å². The predicted molar refractivity (Wildman–Crippen MR) is 63.5 cm³/mol. The highest BCUT2D eigenvalue weighted by Gasteiger charge is 2.20. The van der Waals surface area contributed by atoms with Crippen molar-refractivity contribution in [2.75, 3.05) is 0 Å². The summed E-state index contributed by atoms with van der Waals surface area (Å²) in [5.74, 6) is 0.516. The summed E-state index contributed by atoms with van der Waals surface area (Å²) in [6.07, 6.45) is 3.29. The van der Waals surface area contributed by atoms with Gasteiger partial charge in [0.25, 0.3) is 5.56 Å². The first-order chi connectivity index (χ1) is 8.15. The standard InChI is InChI=1S/C12H14N4O/c1-7-6-11(17)14-12(13-7)16-8(2)9-4-3-5-10(9)15-16/h6H,3-5H2,1-2H3,(H,13,14,17). The van der Waals surface area contributed by atoms with Crippen LogP contribution < -0.4 is 5.56 Å². The molecule has 0 aromatic carbocycles. The van der Waals surface area contributed by atoms with Crippen LogP contribution in [0.4, 0.5) is 0 Å². The predicted octanol–water partition coefficient (Wildman–Crippen LogP) is 1.06. The van der Waals surface area contributed by atoms with Gasteiger partial charge in [-0.25, -0.2) is 9.67 Å². The van der Waals surface area contributed by atoms with E-state index in [1.165, 1.54) is 18.1 Å². The molecule has 5 nitrogen and oxygen atoms in total. The zero-order valence-electron chi connectivity index (χ0n) is 9.95. The fourth-order valence-corrected chi connectivity index (χ4v) is 2.42.